The molecule has 1 atom stereocenters. The molecule has 0 heterocycles. The minimum atomic E-state index is -0.886. The number of ether oxygens (including phenoxy) is 1. The van der Waals surface area contributed by atoms with Crippen LogP contribution in [0.5, 0.6) is 0 Å². The second-order valence-corrected chi connectivity index (χ2v) is 3.02. The summed E-state index contributed by atoms with van der Waals surface area (Å²) in [6.45, 7) is -0.360. The Morgan fingerprint density at radius 2 is 2.06 bits per heavy atom. The fourth-order valence-corrected chi connectivity index (χ4v) is 0.803. The summed E-state index contributed by atoms with van der Waals surface area (Å²) in [4.78, 5) is 43.0. The van der Waals surface area contributed by atoms with Gasteiger partial charge in [-0.25, -0.2) is 0 Å². The van der Waals surface area contributed by atoms with Gasteiger partial charge in [-0.1, -0.05) is 0 Å². The maximum absolute atomic E-state index is 11.1. The van der Waals surface area contributed by atoms with E-state index < -0.39 is 23.7 Å². The Kier molecular flexibility index (Phi) is 6.69. The molecule has 0 aromatic rings. The summed E-state index contributed by atoms with van der Waals surface area (Å²) < 4.78 is 4.26. The van der Waals surface area contributed by atoms with E-state index in [2.05, 4.69) is 10.1 Å². The second-order valence-electron chi connectivity index (χ2n) is 3.02. The van der Waals surface area contributed by atoms with Gasteiger partial charge in [0.15, 0.2) is 0 Å². The largest absolute Gasteiger partial charge is 0.468 e. The number of esters is 1. The van der Waals surface area contributed by atoms with Crippen LogP contribution in [0.4, 0.5) is 0 Å². The van der Waals surface area contributed by atoms with Crippen LogP contribution in [0.25, 0.3) is 0 Å². The standard InChI is InChI=1S/C9H14N2O5/c1-16-8(14)4-11-9(15)7(13)3-2-6(10)5-12/h5-6H,2-4,10H2,1H3,(H,11,15)/t6-/m0/s1. The molecule has 0 radical (unpaired) electrons. The number of ketones is 1. The summed E-state index contributed by atoms with van der Waals surface area (Å²) in [5.41, 5.74) is 5.24. The zero-order chi connectivity index (χ0) is 12.6. The fourth-order valence-electron chi connectivity index (χ4n) is 0.803. The molecule has 0 aromatic heterocycles. The molecule has 0 spiro atoms. The lowest BCUT2D eigenvalue weighted by Crippen LogP contribution is -2.36. The van der Waals surface area contributed by atoms with Gasteiger partial charge in [0.05, 0.1) is 13.2 Å². The highest BCUT2D eigenvalue weighted by Gasteiger charge is 2.15. The average molecular weight is 230 g/mol. The lowest BCUT2D eigenvalue weighted by Gasteiger charge is -2.04. The molecule has 0 saturated heterocycles. The molecule has 0 fully saturated rings. The van der Waals surface area contributed by atoms with Crippen molar-refractivity contribution in [2.45, 2.75) is 18.9 Å². The van der Waals surface area contributed by atoms with Crippen molar-refractivity contribution in [3.05, 3.63) is 0 Å². The molecule has 0 saturated carbocycles. The number of rotatable bonds is 7. The lowest BCUT2D eigenvalue weighted by molar-refractivity contribution is -0.143. The summed E-state index contributed by atoms with van der Waals surface area (Å²) in [7, 11) is 1.17. The van der Waals surface area contributed by atoms with Gasteiger partial charge in [-0.15, -0.1) is 0 Å². The van der Waals surface area contributed by atoms with Crippen molar-refractivity contribution in [3.63, 3.8) is 0 Å². The van der Waals surface area contributed by atoms with E-state index in [-0.39, 0.29) is 19.4 Å². The maximum atomic E-state index is 11.1. The first kappa shape index (κ1) is 14.2. The van der Waals surface area contributed by atoms with Gasteiger partial charge in [0.1, 0.15) is 12.8 Å². The normalized spacial score (nSPS) is 11.4. The summed E-state index contributed by atoms with van der Waals surface area (Å²) >= 11 is 0. The molecule has 0 aliphatic rings. The third kappa shape index (κ3) is 5.86. The third-order valence-corrected chi connectivity index (χ3v) is 1.75. The summed E-state index contributed by atoms with van der Waals surface area (Å²) in [6, 6.07) is -0.752. The Morgan fingerprint density at radius 3 is 2.56 bits per heavy atom. The van der Waals surface area contributed by atoms with E-state index in [1.54, 1.807) is 0 Å². The topological polar surface area (TPSA) is 116 Å². The predicted molar refractivity (Wildman–Crippen MR) is 53.3 cm³/mol. The minimum absolute atomic E-state index is 0.105. The predicted octanol–water partition coefficient (Wildman–Crippen LogP) is -1.85. The summed E-state index contributed by atoms with van der Waals surface area (Å²) in [6.07, 6.45) is 0.473. The van der Waals surface area contributed by atoms with Crippen molar-refractivity contribution >= 4 is 23.9 Å². The molecular weight excluding hydrogens is 216 g/mol. The molecule has 1 amide bonds. The van der Waals surface area contributed by atoms with Crippen LogP contribution in [0.15, 0.2) is 0 Å². The molecule has 0 aliphatic carbocycles. The number of nitrogens with one attached hydrogen (secondary N) is 1. The molecular formula is C9H14N2O5. The van der Waals surface area contributed by atoms with Crippen molar-refractivity contribution < 1.29 is 23.9 Å². The van der Waals surface area contributed by atoms with Gasteiger partial charge in [-0.05, 0) is 6.42 Å². The number of Topliss-reactive ketones (excluding diaryl/α,β-unsaturated/α-hetero) is 1. The van der Waals surface area contributed by atoms with E-state index in [1.807, 2.05) is 0 Å². The van der Waals surface area contributed by atoms with Gasteiger partial charge >= 0.3 is 5.97 Å². The Labute approximate surface area is 92.3 Å². The number of hydrogen-bond acceptors (Lipinski definition) is 6. The molecule has 3 N–H and O–H groups in total. The van der Waals surface area contributed by atoms with Crippen molar-refractivity contribution in [1.29, 1.82) is 0 Å². The van der Waals surface area contributed by atoms with Crippen LogP contribution < -0.4 is 11.1 Å². The number of nitrogens with two attached hydrogens (primary N) is 1. The van der Waals surface area contributed by atoms with Gasteiger partial charge in [0, 0.05) is 6.42 Å². The Bertz CT molecular complexity index is 290. The average Bonchev–Trinajstić information content (AvgIpc) is 2.31. The Morgan fingerprint density at radius 1 is 1.44 bits per heavy atom. The van der Waals surface area contributed by atoms with Crippen LogP contribution in [0.3, 0.4) is 0 Å². The molecule has 90 valence electrons. The van der Waals surface area contributed by atoms with E-state index >= 15 is 0 Å². The van der Waals surface area contributed by atoms with Crippen molar-refractivity contribution in [2.24, 2.45) is 5.73 Å². The highest BCUT2D eigenvalue weighted by molar-refractivity contribution is 6.36. The minimum Gasteiger partial charge on any atom is -0.468 e. The molecule has 16 heavy (non-hydrogen) atoms. The summed E-state index contributed by atoms with van der Waals surface area (Å²) in [5.74, 6) is -2.25. The first-order chi connectivity index (χ1) is 7.51. The summed E-state index contributed by atoms with van der Waals surface area (Å²) in [5, 5.41) is 2.08. The zero-order valence-electron chi connectivity index (χ0n) is 8.89. The number of carbonyl (C=O) groups excluding carboxylic acids is 4. The van der Waals surface area contributed by atoms with Gasteiger partial charge in [0.25, 0.3) is 5.91 Å². The van der Waals surface area contributed by atoms with E-state index in [0.717, 1.165) is 0 Å². The van der Waals surface area contributed by atoms with Crippen LogP contribution in [-0.4, -0.2) is 43.6 Å². The molecule has 0 bridgehead atoms. The molecule has 7 nitrogen and oxygen atoms in total. The van der Waals surface area contributed by atoms with Crippen LogP contribution in [0.2, 0.25) is 0 Å². The van der Waals surface area contributed by atoms with Crippen molar-refractivity contribution in [1.82, 2.24) is 5.32 Å². The second kappa shape index (κ2) is 7.52. The molecule has 0 rings (SSSR count). The molecule has 0 aliphatic heterocycles. The van der Waals surface area contributed by atoms with Gasteiger partial charge < -0.3 is 20.6 Å². The fraction of sp³-hybridized carbons (Fsp3) is 0.556. The smallest absolute Gasteiger partial charge is 0.325 e. The van der Waals surface area contributed by atoms with Gasteiger partial charge in [0.2, 0.25) is 5.78 Å². The highest BCUT2D eigenvalue weighted by Crippen LogP contribution is 1.93. The van der Waals surface area contributed by atoms with Crippen molar-refractivity contribution in [3.8, 4) is 0 Å². The van der Waals surface area contributed by atoms with Crippen LogP contribution in [0.1, 0.15) is 12.8 Å². The quantitative estimate of drug-likeness (QED) is 0.301. The van der Waals surface area contributed by atoms with Gasteiger partial charge in [-0.3, -0.25) is 14.4 Å². The molecule has 7 heteroatoms. The van der Waals surface area contributed by atoms with E-state index in [9.17, 15) is 19.2 Å². The number of hydrogen-bond donors (Lipinski definition) is 2. The first-order valence-electron chi connectivity index (χ1n) is 4.60. The lowest BCUT2D eigenvalue weighted by atomic mass is 10.1. The third-order valence-electron chi connectivity index (χ3n) is 1.75. The first-order valence-corrected chi connectivity index (χ1v) is 4.60. The van der Waals surface area contributed by atoms with E-state index in [4.69, 9.17) is 5.73 Å². The van der Waals surface area contributed by atoms with E-state index in [0.29, 0.717) is 6.29 Å². The highest BCUT2D eigenvalue weighted by atomic mass is 16.5. The number of aldehydes is 1. The zero-order valence-corrected chi connectivity index (χ0v) is 8.89. The number of amides is 1. The van der Waals surface area contributed by atoms with Crippen LogP contribution in [-0.2, 0) is 23.9 Å². The Balaban J connectivity index is 3.86. The van der Waals surface area contributed by atoms with Gasteiger partial charge in [-0.2, -0.15) is 0 Å². The monoisotopic (exact) mass is 230 g/mol. The SMILES string of the molecule is COC(=O)CNC(=O)C(=O)CC[C@H](N)C=O. The molecule has 0 unspecified atom stereocenters. The van der Waals surface area contributed by atoms with Crippen LogP contribution >= 0.6 is 0 Å². The van der Waals surface area contributed by atoms with E-state index in [1.165, 1.54) is 7.11 Å². The number of methoxy groups -OCH3 is 1. The van der Waals surface area contributed by atoms with Crippen LogP contribution in [0, 0.1) is 0 Å². The Hall–Kier alpha value is -1.76. The number of carbonyl (C=O) groups is 4. The molecule has 0 aromatic carbocycles. The van der Waals surface area contributed by atoms with Crippen molar-refractivity contribution in [2.75, 3.05) is 13.7 Å². The maximum Gasteiger partial charge on any atom is 0.325 e.